The second kappa shape index (κ2) is 64.4. The number of carbonyl (C=O) groups is 4. The van der Waals surface area contributed by atoms with Crippen molar-refractivity contribution < 1.29 is 80.2 Å². The van der Waals surface area contributed by atoms with Crippen LogP contribution in [0.2, 0.25) is 0 Å². The Morgan fingerprint density at radius 3 is 0.660 bits per heavy atom. The van der Waals surface area contributed by atoms with Gasteiger partial charge >= 0.3 is 39.5 Å². The van der Waals surface area contributed by atoms with E-state index in [1.807, 2.05) is 0 Å². The van der Waals surface area contributed by atoms with Gasteiger partial charge < -0.3 is 33.8 Å². The van der Waals surface area contributed by atoms with Crippen molar-refractivity contribution in [2.75, 3.05) is 39.6 Å². The third-order valence-corrected chi connectivity index (χ3v) is 19.2. The first-order valence-electron chi connectivity index (χ1n) is 38.7. The largest absolute Gasteiger partial charge is 0.472 e. The highest BCUT2D eigenvalue weighted by atomic mass is 31.2. The molecule has 0 aliphatic carbocycles. The van der Waals surface area contributed by atoms with Crippen LogP contribution in [0.15, 0.2) is 0 Å². The predicted molar refractivity (Wildman–Crippen MR) is 381 cm³/mol. The highest BCUT2D eigenvalue weighted by Gasteiger charge is 2.30. The van der Waals surface area contributed by atoms with Crippen LogP contribution in [-0.4, -0.2) is 96.7 Å². The van der Waals surface area contributed by atoms with Crippen LogP contribution < -0.4 is 0 Å². The molecule has 0 fully saturated rings. The lowest BCUT2D eigenvalue weighted by Crippen LogP contribution is -2.30. The maximum Gasteiger partial charge on any atom is 0.472 e. The van der Waals surface area contributed by atoms with Gasteiger partial charge in [-0.05, 0) is 49.4 Å². The Kier molecular flexibility index (Phi) is 63.1. The van der Waals surface area contributed by atoms with E-state index in [1.54, 1.807) is 0 Å². The molecule has 0 aliphatic heterocycles. The van der Waals surface area contributed by atoms with Gasteiger partial charge in [-0.25, -0.2) is 9.13 Å². The molecular formula is C75H146O17P2. The number of carbonyl (C=O) groups excluding carboxylic acids is 4. The molecule has 94 heavy (non-hydrogen) atoms. The van der Waals surface area contributed by atoms with E-state index in [2.05, 4.69) is 55.4 Å². The Morgan fingerprint density at radius 2 is 0.447 bits per heavy atom. The van der Waals surface area contributed by atoms with Crippen molar-refractivity contribution in [2.24, 2.45) is 23.7 Å². The molecule has 3 N–H and O–H groups in total. The maximum atomic E-state index is 13.1. The van der Waals surface area contributed by atoms with E-state index in [0.29, 0.717) is 25.7 Å². The lowest BCUT2D eigenvalue weighted by molar-refractivity contribution is -0.161. The summed E-state index contributed by atoms with van der Waals surface area (Å²) < 4.78 is 68.5. The monoisotopic (exact) mass is 1380 g/mol. The molecule has 0 rings (SSSR count). The zero-order valence-corrected chi connectivity index (χ0v) is 63.4. The van der Waals surface area contributed by atoms with Crippen molar-refractivity contribution in [3.05, 3.63) is 0 Å². The average Bonchev–Trinajstić information content (AvgIpc) is 1.79. The molecule has 5 atom stereocenters. The van der Waals surface area contributed by atoms with E-state index < -0.39 is 97.5 Å². The number of hydrogen-bond donors (Lipinski definition) is 3. The van der Waals surface area contributed by atoms with Crippen LogP contribution in [0, 0.1) is 23.7 Å². The van der Waals surface area contributed by atoms with Crippen LogP contribution in [0.3, 0.4) is 0 Å². The first-order chi connectivity index (χ1) is 45.1. The molecule has 0 aromatic carbocycles. The van der Waals surface area contributed by atoms with Crippen LogP contribution in [0.1, 0.15) is 376 Å². The van der Waals surface area contributed by atoms with Crippen LogP contribution in [-0.2, 0) is 65.4 Å². The number of esters is 4. The molecule has 0 aromatic rings. The summed E-state index contributed by atoms with van der Waals surface area (Å²) in [7, 11) is -9.91. The second-order valence-electron chi connectivity index (χ2n) is 28.9. The van der Waals surface area contributed by atoms with Crippen molar-refractivity contribution in [3.63, 3.8) is 0 Å². The van der Waals surface area contributed by atoms with Crippen molar-refractivity contribution in [2.45, 2.75) is 395 Å². The summed E-state index contributed by atoms with van der Waals surface area (Å²) in [5.74, 6) is 0.918. The Morgan fingerprint density at radius 1 is 0.266 bits per heavy atom. The standard InChI is InChI=1S/C75H146O17P2/c1-65(2)51-43-35-27-19-13-9-10-16-23-33-41-49-57-74(79)91-70(61-85-72(77)55-47-39-31-22-17-11-14-20-28-36-44-52-66(3)4)63-89-93(81,82)87-59-69(76)60-88-94(83,84)90-64-71(62-86-73(78)56-48-40-32-26-25-30-38-46-54-68(7)8)92-75(80)58-50-42-34-24-18-12-15-21-29-37-45-53-67(5)6/h65-71,76H,9-64H2,1-8H3,(H,81,82)(H,83,84)/t69?,70-,71-/m1/s1. The van der Waals surface area contributed by atoms with Gasteiger partial charge in [-0.15, -0.1) is 0 Å². The van der Waals surface area contributed by atoms with Gasteiger partial charge in [0.05, 0.1) is 26.4 Å². The third kappa shape index (κ3) is 68.6. The molecule has 0 heterocycles. The van der Waals surface area contributed by atoms with Gasteiger partial charge in [0.25, 0.3) is 0 Å². The molecule has 0 spiro atoms. The van der Waals surface area contributed by atoms with Crippen LogP contribution in [0.4, 0.5) is 0 Å². The Bertz CT molecular complexity index is 1850. The molecule has 558 valence electrons. The summed E-state index contributed by atoms with van der Waals surface area (Å²) in [6.07, 6.45) is 48.5. The molecule has 0 aliphatic rings. The van der Waals surface area contributed by atoms with Gasteiger partial charge in [-0.1, -0.05) is 325 Å². The molecule has 0 saturated heterocycles. The topological polar surface area (TPSA) is 237 Å². The van der Waals surface area contributed by atoms with Crippen molar-refractivity contribution in [3.8, 4) is 0 Å². The summed E-state index contributed by atoms with van der Waals surface area (Å²) in [6, 6.07) is 0. The summed E-state index contributed by atoms with van der Waals surface area (Å²) >= 11 is 0. The minimum Gasteiger partial charge on any atom is -0.462 e. The molecule has 3 unspecified atom stereocenters. The third-order valence-electron chi connectivity index (χ3n) is 17.3. The normalized spacial score (nSPS) is 14.2. The zero-order chi connectivity index (χ0) is 69.6. The highest BCUT2D eigenvalue weighted by molar-refractivity contribution is 7.47. The van der Waals surface area contributed by atoms with Gasteiger partial charge in [0.1, 0.15) is 19.3 Å². The van der Waals surface area contributed by atoms with Gasteiger partial charge in [0.15, 0.2) is 12.2 Å². The molecule has 0 amide bonds. The maximum absolute atomic E-state index is 13.1. The SMILES string of the molecule is CC(C)CCCCCCCCCCCCCCC(=O)O[C@H](COC(=O)CCCCCCCCCCCCCC(C)C)COP(=O)(O)OCC(O)COP(=O)(O)OC[C@@H](COC(=O)CCCCCCCCCCC(C)C)OC(=O)CCCCCCCCCCCCCC(C)C. The van der Waals surface area contributed by atoms with Gasteiger partial charge in [-0.3, -0.25) is 37.3 Å². The number of phosphoric ester groups is 2. The first-order valence-corrected chi connectivity index (χ1v) is 41.7. The minimum atomic E-state index is -4.96. The predicted octanol–water partition coefficient (Wildman–Crippen LogP) is 21.7. The van der Waals surface area contributed by atoms with Crippen molar-refractivity contribution in [1.82, 2.24) is 0 Å². The van der Waals surface area contributed by atoms with Gasteiger partial charge in [0.2, 0.25) is 0 Å². The fourth-order valence-electron chi connectivity index (χ4n) is 11.4. The van der Waals surface area contributed by atoms with E-state index >= 15 is 0 Å². The number of rotatable bonds is 72. The summed E-state index contributed by atoms with van der Waals surface area (Å²) in [6.45, 7) is 14.2. The fraction of sp³-hybridized carbons (Fsp3) is 0.947. The van der Waals surface area contributed by atoms with E-state index in [-0.39, 0.29) is 25.7 Å². The summed E-state index contributed by atoms with van der Waals surface area (Å²) in [5.41, 5.74) is 0. The van der Waals surface area contributed by atoms with E-state index in [4.69, 9.17) is 37.0 Å². The smallest absolute Gasteiger partial charge is 0.462 e. The van der Waals surface area contributed by atoms with Crippen LogP contribution >= 0.6 is 15.6 Å². The number of aliphatic hydroxyl groups is 1. The number of aliphatic hydroxyl groups excluding tert-OH is 1. The number of hydrogen-bond acceptors (Lipinski definition) is 15. The molecule has 0 bridgehead atoms. The Labute approximate surface area is 575 Å². The Balaban J connectivity index is 5.27. The van der Waals surface area contributed by atoms with Gasteiger partial charge in [-0.2, -0.15) is 0 Å². The summed E-state index contributed by atoms with van der Waals surface area (Å²) in [5, 5.41) is 10.6. The number of unbranched alkanes of at least 4 members (excludes halogenated alkanes) is 38. The molecule has 0 aromatic heterocycles. The van der Waals surface area contributed by atoms with E-state index in [0.717, 1.165) is 114 Å². The van der Waals surface area contributed by atoms with E-state index in [1.165, 1.54) is 180 Å². The lowest BCUT2D eigenvalue weighted by atomic mass is 10.0. The molecular weight excluding hydrogens is 1230 g/mol. The van der Waals surface area contributed by atoms with Crippen LogP contribution in [0.5, 0.6) is 0 Å². The number of ether oxygens (including phenoxy) is 4. The summed E-state index contributed by atoms with van der Waals surface area (Å²) in [4.78, 5) is 72.8. The fourth-order valence-corrected chi connectivity index (χ4v) is 13.0. The zero-order valence-electron chi connectivity index (χ0n) is 61.6. The Hall–Kier alpha value is -1.94. The van der Waals surface area contributed by atoms with Crippen molar-refractivity contribution in [1.29, 1.82) is 0 Å². The van der Waals surface area contributed by atoms with Crippen LogP contribution in [0.25, 0.3) is 0 Å². The molecule has 19 heteroatoms. The van der Waals surface area contributed by atoms with E-state index in [9.17, 15) is 43.2 Å². The van der Waals surface area contributed by atoms with Crippen molar-refractivity contribution >= 4 is 39.5 Å². The number of phosphoric acid groups is 2. The average molecular weight is 1380 g/mol. The highest BCUT2D eigenvalue weighted by Crippen LogP contribution is 2.45. The second-order valence-corrected chi connectivity index (χ2v) is 31.9. The quantitative estimate of drug-likeness (QED) is 0.0222. The van der Waals surface area contributed by atoms with Gasteiger partial charge in [0, 0.05) is 25.7 Å². The minimum absolute atomic E-state index is 0.105. The lowest BCUT2D eigenvalue weighted by Gasteiger charge is -2.21. The first kappa shape index (κ1) is 92.1. The molecule has 17 nitrogen and oxygen atoms in total. The molecule has 0 radical (unpaired) electrons. The molecule has 0 saturated carbocycles.